The SMILES string of the molecule is CC(=O)Oc1cc2c(s1)CCN(C(C(=O)C1CC1)c1ccccc1F)C2.O=[N+]([O-])O. The highest BCUT2D eigenvalue weighted by Gasteiger charge is 2.40. The molecule has 1 aromatic heterocycles. The molecule has 0 radical (unpaired) electrons. The zero-order valence-corrected chi connectivity index (χ0v) is 17.1. The van der Waals surface area contributed by atoms with Gasteiger partial charge in [-0.2, -0.15) is 0 Å². The van der Waals surface area contributed by atoms with E-state index in [0.29, 0.717) is 23.7 Å². The van der Waals surface area contributed by atoms with Crippen molar-refractivity contribution in [3.8, 4) is 5.06 Å². The standard InChI is InChI=1S/C20H20FNO3S.HNO3/c1-12(23)25-18-10-14-11-22(9-8-17(14)26-18)19(20(24)13-6-7-13)15-4-2-3-5-16(15)21;2-1(3)4/h2-5,10,13,19H,6-9,11H2,1H3;(H,2,3,4). The van der Waals surface area contributed by atoms with Crippen molar-refractivity contribution in [1.29, 1.82) is 0 Å². The van der Waals surface area contributed by atoms with E-state index in [-0.39, 0.29) is 23.5 Å². The molecule has 0 spiro atoms. The van der Waals surface area contributed by atoms with Gasteiger partial charge in [0.15, 0.2) is 10.8 Å². The molecular formula is C20H21FN2O6S. The summed E-state index contributed by atoms with van der Waals surface area (Å²) in [7, 11) is 0. The van der Waals surface area contributed by atoms with E-state index in [4.69, 9.17) is 20.1 Å². The number of thiophene rings is 1. The summed E-state index contributed by atoms with van der Waals surface area (Å²) in [5, 5.41) is 14.2. The summed E-state index contributed by atoms with van der Waals surface area (Å²) >= 11 is 1.47. The van der Waals surface area contributed by atoms with Crippen LogP contribution >= 0.6 is 11.3 Å². The molecule has 4 rings (SSSR count). The van der Waals surface area contributed by atoms with Crippen molar-refractivity contribution in [2.75, 3.05) is 6.54 Å². The van der Waals surface area contributed by atoms with Crippen LogP contribution in [0, 0.1) is 21.8 Å². The van der Waals surface area contributed by atoms with Gasteiger partial charge in [-0.15, -0.1) is 21.5 Å². The summed E-state index contributed by atoms with van der Waals surface area (Å²) in [5.74, 6) is -0.495. The number of benzene rings is 1. The van der Waals surface area contributed by atoms with Gasteiger partial charge in [0.05, 0.1) is 6.04 Å². The minimum absolute atomic E-state index is 0.0556. The van der Waals surface area contributed by atoms with Gasteiger partial charge in [0.1, 0.15) is 5.82 Å². The third-order valence-corrected chi connectivity index (χ3v) is 6.05. The second kappa shape index (κ2) is 9.31. The highest BCUT2D eigenvalue weighted by Crippen LogP contribution is 2.41. The van der Waals surface area contributed by atoms with Crippen LogP contribution in [-0.2, 0) is 22.6 Å². The van der Waals surface area contributed by atoms with E-state index >= 15 is 0 Å². The van der Waals surface area contributed by atoms with Crippen LogP contribution < -0.4 is 4.74 Å². The minimum Gasteiger partial charge on any atom is -0.416 e. The predicted octanol–water partition coefficient (Wildman–Crippen LogP) is 3.54. The number of ketones is 1. The van der Waals surface area contributed by atoms with Crippen molar-refractivity contribution in [1.82, 2.24) is 4.90 Å². The first-order chi connectivity index (χ1) is 14.3. The Morgan fingerprint density at radius 3 is 2.63 bits per heavy atom. The number of hydrogen-bond acceptors (Lipinski definition) is 7. The fraction of sp³-hybridized carbons (Fsp3) is 0.400. The van der Waals surface area contributed by atoms with Gasteiger partial charge in [-0.05, 0) is 37.0 Å². The molecular weight excluding hydrogens is 415 g/mol. The van der Waals surface area contributed by atoms with Crippen LogP contribution in [-0.4, -0.2) is 33.5 Å². The molecule has 1 atom stereocenters. The second-order valence-corrected chi connectivity index (χ2v) is 8.27. The van der Waals surface area contributed by atoms with E-state index in [1.54, 1.807) is 18.2 Å². The summed E-state index contributed by atoms with van der Waals surface area (Å²) in [6.07, 6.45) is 2.57. The maximum absolute atomic E-state index is 14.4. The van der Waals surface area contributed by atoms with Crippen molar-refractivity contribution < 1.29 is 29.0 Å². The molecule has 1 N–H and O–H groups in total. The lowest BCUT2D eigenvalue weighted by molar-refractivity contribution is -0.742. The van der Waals surface area contributed by atoms with Crippen molar-refractivity contribution in [3.05, 3.63) is 62.3 Å². The first-order valence-electron chi connectivity index (χ1n) is 9.41. The monoisotopic (exact) mass is 436 g/mol. The smallest absolute Gasteiger partial charge is 0.308 e. The first kappa shape index (κ1) is 21.8. The Morgan fingerprint density at radius 1 is 1.37 bits per heavy atom. The molecule has 2 heterocycles. The van der Waals surface area contributed by atoms with Gasteiger partial charge in [-0.25, -0.2) is 4.39 Å². The quantitative estimate of drug-likeness (QED) is 0.434. The normalized spacial score (nSPS) is 16.6. The van der Waals surface area contributed by atoms with Crippen LogP contribution in [0.3, 0.4) is 0 Å². The number of ether oxygens (including phenoxy) is 1. The van der Waals surface area contributed by atoms with Crippen LogP contribution in [0.2, 0.25) is 0 Å². The molecule has 10 heteroatoms. The molecule has 0 amide bonds. The molecule has 1 aliphatic heterocycles. The third-order valence-electron chi connectivity index (χ3n) is 4.93. The van der Waals surface area contributed by atoms with Crippen molar-refractivity contribution in [2.45, 2.75) is 38.8 Å². The van der Waals surface area contributed by atoms with Gasteiger partial charge in [-0.3, -0.25) is 14.5 Å². The van der Waals surface area contributed by atoms with E-state index in [2.05, 4.69) is 4.90 Å². The lowest BCUT2D eigenvalue weighted by Crippen LogP contribution is -2.38. The number of rotatable bonds is 5. The Kier molecular flexibility index (Phi) is 6.78. The largest absolute Gasteiger partial charge is 0.416 e. The molecule has 2 aromatic rings. The maximum atomic E-state index is 14.4. The molecule has 1 aromatic carbocycles. The topological polar surface area (TPSA) is 110 Å². The number of fused-ring (bicyclic) bond motifs is 1. The molecule has 1 saturated carbocycles. The number of carbonyl (C=O) groups excluding carboxylic acids is 2. The summed E-state index contributed by atoms with van der Waals surface area (Å²) in [6.45, 7) is 2.63. The van der Waals surface area contributed by atoms with Gasteiger partial charge in [0.2, 0.25) is 0 Å². The molecule has 0 bridgehead atoms. The summed E-state index contributed by atoms with van der Waals surface area (Å²) < 4.78 is 19.6. The number of halogens is 1. The summed E-state index contributed by atoms with van der Waals surface area (Å²) in [6, 6.07) is 7.89. The van der Waals surface area contributed by atoms with Crippen LogP contribution in [0.5, 0.6) is 5.06 Å². The Bertz CT molecular complexity index is 955. The maximum Gasteiger partial charge on any atom is 0.308 e. The van der Waals surface area contributed by atoms with Crippen molar-refractivity contribution in [2.24, 2.45) is 5.92 Å². The molecule has 8 nitrogen and oxygen atoms in total. The molecule has 0 saturated heterocycles. The first-order valence-corrected chi connectivity index (χ1v) is 10.2. The van der Waals surface area contributed by atoms with Crippen molar-refractivity contribution >= 4 is 23.1 Å². The fourth-order valence-electron chi connectivity index (χ4n) is 3.56. The van der Waals surface area contributed by atoms with Gasteiger partial charge in [0, 0.05) is 36.4 Å². The predicted molar refractivity (Wildman–Crippen MR) is 105 cm³/mol. The van der Waals surface area contributed by atoms with Gasteiger partial charge in [-0.1, -0.05) is 18.2 Å². The third kappa shape index (κ3) is 5.39. The molecule has 2 aliphatic rings. The number of hydrogen-bond donors (Lipinski definition) is 1. The molecule has 160 valence electrons. The zero-order valence-electron chi connectivity index (χ0n) is 16.2. The minimum atomic E-state index is -1.50. The lowest BCUT2D eigenvalue weighted by atomic mass is 9.95. The highest BCUT2D eigenvalue weighted by molar-refractivity contribution is 7.14. The van der Waals surface area contributed by atoms with Gasteiger partial charge in [0.25, 0.3) is 5.09 Å². The van der Waals surface area contributed by atoms with Crippen LogP contribution in [0.25, 0.3) is 0 Å². The summed E-state index contributed by atoms with van der Waals surface area (Å²) in [5.41, 5.74) is 1.52. The summed E-state index contributed by atoms with van der Waals surface area (Å²) in [4.78, 5) is 35.7. The van der Waals surface area contributed by atoms with E-state index in [0.717, 1.165) is 24.8 Å². The number of carbonyl (C=O) groups is 2. The average Bonchev–Trinajstić information content (AvgIpc) is 3.43. The Balaban J connectivity index is 0.000000589. The number of nitrogens with zero attached hydrogens (tertiary/aromatic N) is 2. The number of Topliss-reactive ketones (excluding diaryl/α,β-unsaturated/α-hetero) is 1. The van der Waals surface area contributed by atoms with Gasteiger partial charge < -0.3 is 9.94 Å². The second-order valence-electron chi connectivity index (χ2n) is 7.17. The van der Waals surface area contributed by atoms with E-state index in [1.165, 1.54) is 29.2 Å². The van der Waals surface area contributed by atoms with Crippen LogP contribution in [0.1, 0.15) is 41.8 Å². The fourth-order valence-corrected chi connectivity index (χ4v) is 4.61. The van der Waals surface area contributed by atoms with E-state index in [9.17, 15) is 14.0 Å². The lowest BCUT2D eigenvalue weighted by Gasteiger charge is -2.34. The van der Waals surface area contributed by atoms with Crippen molar-refractivity contribution in [3.63, 3.8) is 0 Å². The zero-order chi connectivity index (χ0) is 21.8. The molecule has 1 unspecified atom stereocenters. The highest BCUT2D eigenvalue weighted by atomic mass is 32.1. The Hall–Kier alpha value is -2.85. The van der Waals surface area contributed by atoms with E-state index in [1.807, 2.05) is 6.07 Å². The van der Waals surface area contributed by atoms with E-state index < -0.39 is 11.1 Å². The molecule has 30 heavy (non-hydrogen) atoms. The Labute approximate surface area is 176 Å². The van der Waals surface area contributed by atoms with Crippen LogP contribution in [0.4, 0.5) is 4.39 Å². The average molecular weight is 436 g/mol. The molecule has 1 fully saturated rings. The molecule has 1 aliphatic carbocycles. The Morgan fingerprint density at radius 2 is 2.03 bits per heavy atom. The van der Waals surface area contributed by atoms with Crippen LogP contribution in [0.15, 0.2) is 30.3 Å². The number of esters is 1. The van der Waals surface area contributed by atoms with Gasteiger partial charge >= 0.3 is 5.97 Å².